The second-order valence-electron chi connectivity index (χ2n) is 4.19. The molecular weight excluding hydrogens is 346 g/mol. The van der Waals surface area contributed by atoms with E-state index in [9.17, 15) is 0 Å². The average molecular weight is 357 g/mol. The molecule has 98 valence electrons. The largest absolute Gasteiger partial charge is 0.369 e. The summed E-state index contributed by atoms with van der Waals surface area (Å²) in [5, 5.41) is 0. The lowest BCUT2D eigenvalue weighted by atomic mass is 10.2. The fourth-order valence-corrected chi connectivity index (χ4v) is 3.96. The standard InChI is InChI=1S/C13H11BrClN3S/c14-9-6-11(19-12(9)15)10-7-17-13(16)18(10)8-4-2-1-3-5-8/h1-6,10H,7H2,(H2,16,17). The molecule has 1 aromatic heterocycles. The van der Waals surface area contributed by atoms with Gasteiger partial charge >= 0.3 is 0 Å². The van der Waals surface area contributed by atoms with Crippen LogP contribution in [0.1, 0.15) is 10.9 Å². The average Bonchev–Trinajstić information content (AvgIpc) is 2.95. The number of aliphatic imine (C=N–C) groups is 1. The predicted octanol–water partition coefficient (Wildman–Crippen LogP) is 4.04. The molecule has 0 saturated carbocycles. The SMILES string of the molecule is NC1=NCC(c2cc(Br)c(Cl)s2)N1c1ccccc1. The molecule has 1 aliphatic heterocycles. The van der Waals surface area contributed by atoms with Crippen molar-refractivity contribution in [2.45, 2.75) is 6.04 Å². The van der Waals surface area contributed by atoms with Gasteiger partial charge in [0.15, 0.2) is 5.96 Å². The van der Waals surface area contributed by atoms with E-state index in [2.05, 4.69) is 25.8 Å². The van der Waals surface area contributed by atoms with Gasteiger partial charge in [-0.05, 0) is 34.1 Å². The van der Waals surface area contributed by atoms with E-state index in [0.717, 1.165) is 19.4 Å². The summed E-state index contributed by atoms with van der Waals surface area (Å²) >= 11 is 11.1. The lowest BCUT2D eigenvalue weighted by Crippen LogP contribution is -2.35. The zero-order valence-electron chi connectivity index (χ0n) is 9.88. The zero-order chi connectivity index (χ0) is 13.4. The summed E-state index contributed by atoms with van der Waals surface area (Å²) < 4.78 is 1.68. The maximum Gasteiger partial charge on any atom is 0.196 e. The molecule has 1 aliphatic rings. The summed E-state index contributed by atoms with van der Waals surface area (Å²) in [6.45, 7) is 0.657. The van der Waals surface area contributed by atoms with Crippen molar-refractivity contribution in [2.24, 2.45) is 10.7 Å². The molecule has 6 heteroatoms. The van der Waals surface area contributed by atoms with Gasteiger partial charge in [0.25, 0.3) is 0 Å². The summed E-state index contributed by atoms with van der Waals surface area (Å²) in [4.78, 5) is 7.57. The Hall–Kier alpha value is -1.04. The number of hydrogen-bond acceptors (Lipinski definition) is 4. The fraction of sp³-hybridized carbons (Fsp3) is 0.154. The van der Waals surface area contributed by atoms with Crippen LogP contribution in [0.25, 0.3) is 0 Å². The van der Waals surface area contributed by atoms with Crippen molar-refractivity contribution in [3.63, 3.8) is 0 Å². The molecule has 1 atom stereocenters. The van der Waals surface area contributed by atoms with Gasteiger partial charge in [0, 0.05) is 15.0 Å². The Morgan fingerprint density at radius 2 is 2.11 bits per heavy atom. The highest BCUT2D eigenvalue weighted by Gasteiger charge is 2.30. The molecule has 2 aromatic rings. The first-order valence-corrected chi connectivity index (χ1v) is 7.74. The van der Waals surface area contributed by atoms with Gasteiger partial charge in [-0.2, -0.15) is 0 Å². The number of guanidine groups is 1. The minimum absolute atomic E-state index is 0.121. The molecule has 3 rings (SSSR count). The van der Waals surface area contributed by atoms with Crippen LogP contribution in [0.15, 0.2) is 45.9 Å². The van der Waals surface area contributed by atoms with Crippen LogP contribution in [0, 0.1) is 0 Å². The number of nitrogens with two attached hydrogens (primary N) is 1. The molecule has 0 saturated heterocycles. The van der Waals surface area contributed by atoms with Crippen LogP contribution in [0.4, 0.5) is 5.69 Å². The van der Waals surface area contributed by atoms with Crippen molar-refractivity contribution in [1.29, 1.82) is 0 Å². The first-order valence-electron chi connectivity index (χ1n) is 5.76. The highest BCUT2D eigenvalue weighted by molar-refractivity contribution is 9.10. The number of para-hydroxylation sites is 1. The van der Waals surface area contributed by atoms with E-state index in [1.54, 1.807) is 11.3 Å². The van der Waals surface area contributed by atoms with Gasteiger partial charge < -0.3 is 10.6 Å². The smallest absolute Gasteiger partial charge is 0.196 e. The minimum Gasteiger partial charge on any atom is -0.369 e. The van der Waals surface area contributed by atoms with Crippen molar-refractivity contribution in [3.05, 3.63) is 50.1 Å². The van der Waals surface area contributed by atoms with E-state index in [4.69, 9.17) is 17.3 Å². The van der Waals surface area contributed by atoms with Gasteiger partial charge in [0.1, 0.15) is 4.34 Å². The van der Waals surface area contributed by atoms with Gasteiger partial charge in [-0.15, -0.1) is 11.3 Å². The van der Waals surface area contributed by atoms with Crippen molar-refractivity contribution in [2.75, 3.05) is 11.4 Å². The summed E-state index contributed by atoms with van der Waals surface area (Å²) in [7, 11) is 0. The molecule has 1 unspecified atom stereocenters. The topological polar surface area (TPSA) is 41.6 Å². The summed E-state index contributed by atoms with van der Waals surface area (Å²) in [5.41, 5.74) is 7.07. The summed E-state index contributed by atoms with van der Waals surface area (Å²) in [6.07, 6.45) is 0. The number of hydrogen-bond donors (Lipinski definition) is 1. The van der Waals surface area contributed by atoms with Crippen molar-refractivity contribution in [1.82, 2.24) is 0 Å². The molecule has 2 N–H and O–H groups in total. The van der Waals surface area contributed by atoms with Gasteiger partial charge in [0.2, 0.25) is 0 Å². The molecule has 0 bridgehead atoms. The molecule has 0 aliphatic carbocycles. The predicted molar refractivity (Wildman–Crippen MR) is 85.2 cm³/mol. The fourth-order valence-electron chi connectivity index (χ4n) is 2.14. The van der Waals surface area contributed by atoms with E-state index in [-0.39, 0.29) is 6.04 Å². The van der Waals surface area contributed by atoms with E-state index in [1.165, 1.54) is 0 Å². The van der Waals surface area contributed by atoms with Gasteiger partial charge in [0.05, 0.1) is 12.6 Å². The Balaban J connectivity index is 1.98. The van der Waals surface area contributed by atoms with Gasteiger partial charge in [-0.3, -0.25) is 4.99 Å². The third-order valence-electron chi connectivity index (χ3n) is 3.01. The van der Waals surface area contributed by atoms with Crippen LogP contribution >= 0.6 is 38.9 Å². The Kier molecular flexibility index (Phi) is 3.52. The number of benzene rings is 1. The van der Waals surface area contributed by atoms with Crippen LogP contribution in [-0.4, -0.2) is 12.5 Å². The van der Waals surface area contributed by atoms with Crippen LogP contribution in [0.3, 0.4) is 0 Å². The van der Waals surface area contributed by atoms with E-state index < -0.39 is 0 Å². The van der Waals surface area contributed by atoms with Crippen LogP contribution in [0.2, 0.25) is 4.34 Å². The van der Waals surface area contributed by atoms with Crippen molar-refractivity contribution < 1.29 is 0 Å². The quantitative estimate of drug-likeness (QED) is 0.882. The van der Waals surface area contributed by atoms with E-state index in [1.807, 2.05) is 36.4 Å². The van der Waals surface area contributed by atoms with Crippen LogP contribution in [0.5, 0.6) is 0 Å². The molecule has 19 heavy (non-hydrogen) atoms. The number of rotatable bonds is 2. The molecule has 2 heterocycles. The highest BCUT2D eigenvalue weighted by atomic mass is 79.9. The third kappa shape index (κ3) is 2.38. The first-order chi connectivity index (χ1) is 9.16. The Morgan fingerprint density at radius 1 is 1.37 bits per heavy atom. The third-order valence-corrected chi connectivity index (χ3v) is 5.59. The summed E-state index contributed by atoms with van der Waals surface area (Å²) in [6, 6.07) is 12.2. The van der Waals surface area contributed by atoms with Crippen molar-refractivity contribution >= 4 is 50.5 Å². The van der Waals surface area contributed by atoms with E-state index >= 15 is 0 Å². The first kappa shape index (κ1) is 13.0. The molecule has 1 aromatic carbocycles. The molecule has 0 spiro atoms. The number of nitrogens with zero attached hydrogens (tertiary/aromatic N) is 2. The lowest BCUT2D eigenvalue weighted by molar-refractivity contribution is 0.784. The van der Waals surface area contributed by atoms with Gasteiger partial charge in [-0.1, -0.05) is 29.8 Å². The van der Waals surface area contributed by atoms with Gasteiger partial charge in [-0.25, -0.2) is 0 Å². The Morgan fingerprint density at radius 3 is 2.74 bits per heavy atom. The Labute approximate surface area is 128 Å². The number of halogens is 2. The minimum atomic E-state index is 0.121. The maximum absolute atomic E-state index is 6.12. The second-order valence-corrected chi connectivity index (χ2v) is 6.73. The second kappa shape index (κ2) is 5.15. The monoisotopic (exact) mass is 355 g/mol. The normalized spacial score (nSPS) is 18.7. The molecular formula is C13H11BrClN3S. The molecule has 3 nitrogen and oxygen atoms in total. The number of thiophene rings is 1. The zero-order valence-corrected chi connectivity index (χ0v) is 13.0. The molecule has 0 fully saturated rings. The summed E-state index contributed by atoms with van der Waals surface area (Å²) in [5.74, 6) is 0.553. The number of anilines is 1. The lowest BCUT2D eigenvalue weighted by Gasteiger charge is -2.25. The molecule has 0 radical (unpaired) electrons. The van der Waals surface area contributed by atoms with Crippen LogP contribution in [-0.2, 0) is 0 Å². The maximum atomic E-state index is 6.12. The van der Waals surface area contributed by atoms with E-state index in [0.29, 0.717) is 12.5 Å². The Bertz CT molecular complexity index is 607. The molecule has 0 amide bonds. The van der Waals surface area contributed by atoms with Crippen LogP contribution < -0.4 is 10.6 Å². The van der Waals surface area contributed by atoms with Crippen molar-refractivity contribution in [3.8, 4) is 0 Å². The highest BCUT2D eigenvalue weighted by Crippen LogP contribution is 2.40.